The van der Waals surface area contributed by atoms with E-state index in [0.29, 0.717) is 11.6 Å². The fourth-order valence-electron chi connectivity index (χ4n) is 1.89. The molecule has 1 aromatic carbocycles. The van der Waals surface area contributed by atoms with Gasteiger partial charge in [-0.3, -0.25) is 0 Å². The maximum absolute atomic E-state index is 8.80. The quantitative estimate of drug-likeness (QED) is 0.894. The highest BCUT2D eigenvalue weighted by atomic mass is 79.9. The Morgan fingerprint density at radius 2 is 2.44 bits per heavy atom. The molecule has 0 aromatic heterocycles. The molecule has 1 saturated heterocycles. The van der Waals surface area contributed by atoms with Crippen molar-refractivity contribution in [3.8, 4) is 6.07 Å². The molecule has 4 heteroatoms. The molecule has 0 bridgehead atoms. The lowest BCUT2D eigenvalue weighted by Gasteiger charge is -2.12. The molecule has 1 heterocycles. The third-order valence-electron chi connectivity index (χ3n) is 2.80. The van der Waals surface area contributed by atoms with Crippen LogP contribution in [0.5, 0.6) is 0 Å². The minimum atomic E-state index is 0.578. The Bertz CT molecular complexity index is 405. The number of rotatable bonds is 3. The highest BCUT2D eigenvalue weighted by Crippen LogP contribution is 2.21. The molecule has 1 unspecified atom stereocenters. The van der Waals surface area contributed by atoms with Gasteiger partial charge in [-0.15, -0.1) is 0 Å². The summed E-state index contributed by atoms with van der Waals surface area (Å²) in [4.78, 5) is 0. The van der Waals surface area contributed by atoms with Crippen molar-refractivity contribution in [1.82, 2.24) is 5.32 Å². The van der Waals surface area contributed by atoms with Crippen LogP contribution >= 0.6 is 15.9 Å². The van der Waals surface area contributed by atoms with Gasteiger partial charge in [-0.05, 0) is 53.5 Å². The van der Waals surface area contributed by atoms with Gasteiger partial charge in [0, 0.05) is 22.7 Å². The number of hydrogen-bond donors (Lipinski definition) is 2. The normalized spacial score (nSPS) is 19.4. The fraction of sp³-hybridized carbons (Fsp3) is 0.417. The molecule has 2 rings (SSSR count). The second-order valence-electron chi connectivity index (χ2n) is 3.98. The lowest BCUT2D eigenvalue weighted by atomic mass is 10.2. The Morgan fingerprint density at radius 1 is 1.56 bits per heavy atom. The van der Waals surface area contributed by atoms with Crippen molar-refractivity contribution in [3.05, 3.63) is 28.2 Å². The van der Waals surface area contributed by atoms with E-state index in [4.69, 9.17) is 5.26 Å². The summed E-state index contributed by atoms with van der Waals surface area (Å²) in [6, 6.07) is 8.43. The number of benzene rings is 1. The molecule has 0 aliphatic carbocycles. The minimum absolute atomic E-state index is 0.578. The van der Waals surface area contributed by atoms with Crippen LogP contribution in [-0.4, -0.2) is 19.1 Å². The maximum atomic E-state index is 8.80. The van der Waals surface area contributed by atoms with E-state index >= 15 is 0 Å². The van der Waals surface area contributed by atoms with Crippen LogP contribution in [-0.2, 0) is 0 Å². The van der Waals surface area contributed by atoms with Crippen LogP contribution in [0.1, 0.15) is 18.4 Å². The highest BCUT2D eigenvalue weighted by molar-refractivity contribution is 9.10. The molecule has 0 saturated carbocycles. The molecule has 84 valence electrons. The van der Waals surface area contributed by atoms with E-state index < -0.39 is 0 Å². The van der Waals surface area contributed by atoms with E-state index in [1.807, 2.05) is 18.2 Å². The predicted molar refractivity (Wildman–Crippen MR) is 68.4 cm³/mol. The third kappa shape index (κ3) is 2.75. The molecule has 1 atom stereocenters. The Kier molecular flexibility index (Phi) is 3.81. The Hall–Kier alpha value is -1.05. The Labute approximate surface area is 104 Å². The van der Waals surface area contributed by atoms with E-state index in [9.17, 15) is 0 Å². The molecular weight excluding hydrogens is 266 g/mol. The van der Waals surface area contributed by atoms with Gasteiger partial charge < -0.3 is 10.6 Å². The van der Waals surface area contributed by atoms with E-state index in [1.165, 1.54) is 12.8 Å². The summed E-state index contributed by atoms with van der Waals surface area (Å²) >= 11 is 3.38. The summed E-state index contributed by atoms with van der Waals surface area (Å²) in [6.07, 6.45) is 2.51. The third-order valence-corrected chi connectivity index (χ3v) is 3.46. The van der Waals surface area contributed by atoms with E-state index in [1.54, 1.807) is 0 Å². The van der Waals surface area contributed by atoms with Crippen molar-refractivity contribution in [2.24, 2.45) is 0 Å². The van der Waals surface area contributed by atoms with Crippen LogP contribution in [0.2, 0.25) is 0 Å². The van der Waals surface area contributed by atoms with Crippen LogP contribution < -0.4 is 10.6 Å². The van der Waals surface area contributed by atoms with Crippen LogP contribution in [0.15, 0.2) is 22.7 Å². The molecule has 0 radical (unpaired) electrons. The monoisotopic (exact) mass is 279 g/mol. The van der Waals surface area contributed by atoms with Gasteiger partial charge in [0.05, 0.1) is 5.56 Å². The summed E-state index contributed by atoms with van der Waals surface area (Å²) in [5.74, 6) is 0. The van der Waals surface area contributed by atoms with E-state index in [0.717, 1.165) is 23.2 Å². The summed E-state index contributed by atoms with van der Waals surface area (Å²) in [6.45, 7) is 2.07. The van der Waals surface area contributed by atoms with Crippen molar-refractivity contribution in [3.63, 3.8) is 0 Å². The van der Waals surface area contributed by atoms with Gasteiger partial charge in [0.2, 0.25) is 0 Å². The first-order valence-electron chi connectivity index (χ1n) is 5.46. The Balaban J connectivity index is 1.94. The molecule has 1 aliphatic heterocycles. The average molecular weight is 280 g/mol. The van der Waals surface area contributed by atoms with E-state index in [2.05, 4.69) is 32.6 Å². The molecule has 0 amide bonds. The number of halogens is 1. The first-order chi connectivity index (χ1) is 7.79. The SMILES string of the molecule is N#Cc1ccc(NCC2CCCN2)cc1Br. The smallest absolute Gasteiger partial charge is 0.100 e. The zero-order chi connectivity index (χ0) is 11.4. The standard InChI is InChI=1S/C12H14BrN3/c13-12-6-10(4-3-9(12)7-14)16-8-11-2-1-5-15-11/h3-4,6,11,15-16H,1-2,5,8H2. The second kappa shape index (κ2) is 5.33. The number of anilines is 1. The largest absolute Gasteiger partial charge is 0.383 e. The molecular formula is C12H14BrN3. The van der Waals surface area contributed by atoms with Gasteiger partial charge in [0.1, 0.15) is 6.07 Å². The molecule has 3 nitrogen and oxygen atoms in total. The first kappa shape index (κ1) is 11.4. The van der Waals surface area contributed by atoms with Crippen molar-refractivity contribution >= 4 is 21.6 Å². The number of nitrogens with zero attached hydrogens (tertiary/aromatic N) is 1. The van der Waals surface area contributed by atoms with Gasteiger partial charge in [-0.2, -0.15) is 5.26 Å². The summed E-state index contributed by atoms with van der Waals surface area (Å²) in [5, 5.41) is 15.6. The molecule has 2 N–H and O–H groups in total. The molecule has 1 aromatic rings. The molecule has 0 spiro atoms. The van der Waals surface area contributed by atoms with Crippen molar-refractivity contribution in [1.29, 1.82) is 5.26 Å². The van der Waals surface area contributed by atoms with Gasteiger partial charge >= 0.3 is 0 Å². The lowest BCUT2D eigenvalue weighted by molar-refractivity contribution is 0.633. The van der Waals surface area contributed by atoms with Gasteiger partial charge in [-0.1, -0.05) is 0 Å². The second-order valence-corrected chi connectivity index (χ2v) is 4.83. The summed E-state index contributed by atoms with van der Waals surface area (Å²) in [7, 11) is 0. The highest BCUT2D eigenvalue weighted by Gasteiger charge is 2.13. The fourth-order valence-corrected chi connectivity index (χ4v) is 2.36. The number of nitrogens with one attached hydrogen (secondary N) is 2. The van der Waals surface area contributed by atoms with Crippen molar-refractivity contribution in [2.45, 2.75) is 18.9 Å². The van der Waals surface area contributed by atoms with Crippen LogP contribution in [0.3, 0.4) is 0 Å². The van der Waals surface area contributed by atoms with Gasteiger partial charge in [-0.25, -0.2) is 0 Å². The number of nitriles is 1. The zero-order valence-corrected chi connectivity index (χ0v) is 10.5. The topological polar surface area (TPSA) is 47.9 Å². The van der Waals surface area contributed by atoms with E-state index in [-0.39, 0.29) is 0 Å². The number of hydrogen-bond acceptors (Lipinski definition) is 3. The predicted octanol–water partition coefficient (Wildman–Crippen LogP) is 2.48. The van der Waals surface area contributed by atoms with Crippen LogP contribution in [0.25, 0.3) is 0 Å². The maximum Gasteiger partial charge on any atom is 0.100 e. The molecule has 16 heavy (non-hydrogen) atoms. The zero-order valence-electron chi connectivity index (χ0n) is 8.96. The molecule has 1 fully saturated rings. The van der Waals surface area contributed by atoms with Gasteiger partial charge in [0.25, 0.3) is 0 Å². The summed E-state index contributed by atoms with van der Waals surface area (Å²) in [5.41, 5.74) is 1.73. The minimum Gasteiger partial charge on any atom is -0.383 e. The molecule has 1 aliphatic rings. The van der Waals surface area contributed by atoms with Crippen molar-refractivity contribution < 1.29 is 0 Å². The lowest BCUT2D eigenvalue weighted by Crippen LogP contribution is -2.29. The Morgan fingerprint density at radius 3 is 3.06 bits per heavy atom. The average Bonchev–Trinajstić information content (AvgIpc) is 2.79. The first-order valence-corrected chi connectivity index (χ1v) is 6.26. The summed E-state index contributed by atoms with van der Waals surface area (Å²) < 4.78 is 0.847. The van der Waals surface area contributed by atoms with Crippen LogP contribution in [0, 0.1) is 11.3 Å². The van der Waals surface area contributed by atoms with Crippen LogP contribution in [0.4, 0.5) is 5.69 Å². The van der Waals surface area contributed by atoms with Crippen molar-refractivity contribution in [2.75, 3.05) is 18.4 Å². The van der Waals surface area contributed by atoms with Gasteiger partial charge in [0.15, 0.2) is 0 Å².